The van der Waals surface area contributed by atoms with E-state index in [1.807, 2.05) is 4.90 Å². The van der Waals surface area contributed by atoms with E-state index in [1.165, 1.54) is 6.07 Å². The molecule has 1 aliphatic heterocycles. The van der Waals surface area contributed by atoms with E-state index < -0.39 is 10.8 Å². The third-order valence-corrected chi connectivity index (χ3v) is 4.75. The van der Waals surface area contributed by atoms with Crippen LogP contribution in [-0.4, -0.2) is 29.0 Å². The van der Waals surface area contributed by atoms with Crippen LogP contribution in [0.3, 0.4) is 0 Å². The number of carbonyl (C=O) groups is 1. The molecule has 2 aromatic rings. The molecular formula is C20H23N3O4. The number of nitrogens with one attached hydrogen (secondary N) is 1. The summed E-state index contributed by atoms with van der Waals surface area (Å²) in [4.78, 5) is 25.7. The maximum Gasteiger partial charge on any atom is 0.293 e. The number of aliphatic hydroxyl groups excluding tert-OH is 1. The van der Waals surface area contributed by atoms with Crippen molar-refractivity contribution in [1.29, 1.82) is 0 Å². The normalized spacial score (nSPS) is 14.5. The number of aliphatic hydroxyl groups is 1. The second-order valence-electron chi connectivity index (χ2n) is 6.67. The van der Waals surface area contributed by atoms with Crippen LogP contribution in [0, 0.1) is 10.1 Å². The summed E-state index contributed by atoms with van der Waals surface area (Å²) in [5, 5.41) is 23.5. The fourth-order valence-electron chi connectivity index (χ4n) is 3.34. The smallest absolute Gasteiger partial charge is 0.293 e. The number of nitro benzene ring substituents is 1. The van der Waals surface area contributed by atoms with Gasteiger partial charge in [0.15, 0.2) is 0 Å². The predicted molar refractivity (Wildman–Crippen MR) is 104 cm³/mol. The van der Waals surface area contributed by atoms with E-state index in [1.54, 1.807) is 36.4 Å². The highest BCUT2D eigenvalue weighted by atomic mass is 16.6. The zero-order chi connectivity index (χ0) is 19.2. The Morgan fingerprint density at radius 3 is 2.52 bits per heavy atom. The molecule has 0 unspecified atom stereocenters. The van der Waals surface area contributed by atoms with Gasteiger partial charge in [-0.2, -0.15) is 0 Å². The monoisotopic (exact) mass is 369 g/mol. The molecule has 0 spiro atoms. The first-order chi connectivity index (χ1) is 13.1. The molecule has 1 fully saturated rings. The van der Waals surface area contributed by atoms with Gasteiger partial charge in [-0.1, -0.05) is 25.0 Å². The molecule has 142 valence electrons. The molecule has 0 bridgehead atoms. The highest BCUT2D eigenvalue weighted by Gasteiger charge is 2.22. The van der Waals surface area contributed by atoms with Gasteiger partial charge in [-0.25, -0.2) is 0 Å². The van der Waals surface area contributed by atoms with Crippen LogP contribution >= 0.6 is 0 Å². The third kappa shape index (κ3) is 4.62. The van der Waals surface area contributed by atoms with Crippen molar-refractivity contribution in [2.75, 3.05) is 23.3 Å². The molecule has 1 amide bonds. The average molecular weight is 369 g/mol. The van der Waals surface area contributed by atoms with Crippen LogP contribution in [0.15, 0.2) is 42.5 Å². The lowest BCUT2D eigenvalue weighted by molar-refractivity contribution is -0.384. The topological polar surface area (TPSA) is 95.7 Å². The predicted octanol–water partition coefficient (Wildman–Crippen LogP) is 3.72. The van der Waals surface area contributed by atoms with Gasteiger partial charge in [0, 0.05) is 30.4 Å². The summed E-state index contributed by atoms with van der Waals surface area (Å²) in [6.07, 6.45) is 4.30. The van der Waals surface area contributed by atoms with E-state index in [2.05, 4.69) is 5.32 Å². The quantitative estimate of drug-likeness (QED) is 0.619. The van der Waals surface area contributed by atoms with Crippen molar-refractivity contribution in [3.63, 3.8) is 0 Å². The SMILES string of the molecule is O=C(Nc1cccc(CO)c1)c1ccc(N2CCCCCC2)c([N+](=O)[O-])c1. The van der Waals surface area contributed by atoms with Gasteiger partial charge in [0.2, 0.25) is 0 Å². The molecule has 0 atom stereocenters. The molecule has 7 nitrogen and oxygen atoms in total. The first-order valence-electron chi connectivity index (χ1n) is 9.13. The van der Waals surface area contributed by atoms with Crippen molar-refractivity contribution in [3.8, 4) is 0 Å². The maximum absolute atomic E-state index is 12.5. The van der Waals surface area contributed by atoms with Crippen molar-refractivity contribution in [3.05, 3.63) is 63.7 Å². The lowest BCUT2D eigenvalue weighted by Crippen LogP contribution is -2.25. The van der Waals surface area contributed by atoms with Crippen LogP contribution in [0.4, 0.5) is 17.1 Å². The minimum absolute atomic E-state index is 0.0475. The molecule has 0 radical (unpaired) electrons. The summed E-state index contributed by atoms with van der Waals surface area (Å²) >= 11 is 0. The number of carbonyl (C=O) groups excluding carboxylic acids is 1. The molecule has 2 aromatic carbocycles. The minimum Gasteiger partial charge on any atom is -0.392 e. The van der Waals surface area contributed by atoms with Crippen LogP contribution in [0.25, 0.3) is 0 Å². The largest absolute Gasteiger partial charge is 0.392 e. The van der Waals surface area contributed by atoms with Crippen LogP contribution in [0.2, 0.25) is 0 Å². The standard InChI is InChI=1S/C20H23N3O4/c24-14-15-6-5-7-17(12-15)21-20(25)16-8-9-18(19(13-16)23(26)27)22-10-3-1-2-4-11-22/h5-9,12-13,24H,1-4,10-11,14H2,(H,21,25). The second-order valence-corrected chi connectivity index (χ2v) is 6.67. The van der Waals surface area contributed by atoms with Crippen LogP contribution < -0.4 is 10.2 Å². The highest BCUT2D eigenvalue weighted by Crippen LogP contribution is 2.31. The molecule has 1 heterocycles. The number of rotatable bonds is 5. The molecule has 2 N–H and O–H groups in total. The Bertz CT molecular complexity index is 830. The summed E-state index contributed by atoms with van der Waals surface area (Å²) in [5.74, 6) is -0.421. The number of anilines is 2. The Hall–Kier alpha value is -2.93. The van der Waals surface area contributed by atoms with Gasteiger partial charge in [-0.05, 0) is 42.7 Å². The molecular weight excluding hydrogens is 346 g/mol. The molecule has 1 saturated heterocycles. The summed E-state index contributed by atoms with van der Waals surface area (Å²) < 4.78 is 0. The van der Waals surface area contributed by atoms with E-state index in [0.717, 1.165) is 38.8 Å². The molecule has 27 heavy (non-hydrogen) atoms. The Morgan fingerprint density at radius 2 is 1.85 bits per heavy atom. The van der Waals surface area contributed by atoms with Gasteiger partial charge in [-0.3, -0.25) is 14.9 Å². The van der Waals surface area contributed by atoms with Crippen LogP contribution in [0.5, 0.6) is 0 Å². The lowest BCUT2D eigenvalue weighted by Gasteiger charge is -2.22. The number of amides is 1. The van der Waals surface area contributed by atoms with E-state index in [4.69, 9.17) is 0 Å². The maximum atomic E-state index is 12.5. The summed E-state index contributed by atoms with van der Waals surface area (Å²) in [5.41, 5.74) is 1.96. The zero-order valence-corrected chi connectivity index (χ0v) is 15.1. The van der Waals surface area contributed by atoms with Gasteiger partial charge in [-0.15, -0.1) is 0 Å². The number of hydrogen-bond acceptors (Lipinski definition) is 5. The third-order valence-electron chi connectivity index (χ3n) is 4.75. The summed E-state index contributed by atoms with van der Waals surface area (Å²) in [7, 11) is 0. The zero-order valence-electron chi connectivity index (χ0n) is 15.1. The number of nitro groups is 1. The first-order valence-corrected chi connectivity index (χ1v) is 9.13. The Labute approximate surface area is 157 Å². The highest BCUT2D eigenvalue weighted by molar-refractivity contribution is 6.05. The van der Waals surface area contributed by atoms with Crippen LogP contribution in [0.1, 0.15) is 41.6 Å². The lowest BCUT2D eigenvalue weighted by atomic mass is 10.1. The number of nitrogens with zero attached hydrogens (tertiary/aromatic N) is 2. The Morgan fingerprint density at radius 1 is 1.11 bits per heavy atom. The molecule has 0 aliphatic carbocycles. The summed E-state index contributed by atoms with van der Waals surface area (Å²) in [6, 6.07) is 11.5. The van der Waals surface area contributed by atoms with Gasteiger partial charge in [0.1, 0.15) is 5.69 Å². The van der Waals surface area contributed by atoms with Crippen LogP contribution in [-0.2, 0) is 6.61 Å². The van der Waals surface area contributed by atoms with Crippen molar-refractivity contribution in [2.45, 2.75) is 32.3 Å². The van der Waals surface area contributed by atoms with Gasteiger partial charge >= 0.3 is 0 Å². The van der Waals surface area contributed by atoms with Gasteiger partial charge in [0.05, 0.1) is 11.5 Å². The van der Waals surface area contributed by atoms with E-state index in [-0.39, 0.29) is 17.9 Å². The minimum atomic E-state index is -0.427. The van der Waals surface area contributed by atoms with Crippen molar-refractivity contribution in [1.82, 2.24) is 0 Å². The van der Waals surface area contributed by atoms with Crippen molar-refractivity contribution in [2.24, 2.45) is 0 Å². The number of hydrogen-bond donors (Lipinski definition) is 2. The van der Waals surface area contributed by atoms with Crippen molar-refractivity contribution >= 4 is 23.0 Å². The van der Waals surface area contributed by atoms with E-state index in [9.17, 15) is 20.0 Å². The van der Waals surface area contributed by atoms with E-state index in [0.29, 0.717) is 16.9 Å². The average Bonchev–Trinajstić information content (AvgIpc) is 2.97. The van der Waals surface area contributed by atoms with E-state index >= 15 is 0 Å². The molecule has 3 rings (SSSR count). The van der Waals surface area contributed by atoms with Gasteiger partial charge < -0.3 is 15.3 Å². The van der Waals surface area contributed by atoms with Crippen molar-refractivity contribution < 1.29 is 14.8 Å². The molecule has 0 aromatic heterocycles. The second kappa shape index (κ2) is 8.64. The molecule has 7 heteroatoms. The Balaban J connectivity index is 1.84. The summed E-state index contributed by atoms with van der Waals surface area (Å²) in [6.45, 7) is 1.46. The molecule has 1 aliphatic rings. The molecule has 0 saturated carbocycles. The fraction of sp³-hybridized carbons (Fsp3) is 0.350. The fourth-order valence-corrected chi connectivity index (χ4v) is 3.34. The first kappa shape index (κ1) is 18.8. The van der Waals surface area contributed by atoms with Gasteiger partial charge in [0.25, 0.3) is 11.6 Å². The Kier molecular flexibility index (Phi) is 6.03. The number of benzene rings is 2.